The lowest BCUT2D eigenvalue weighted by atomic mass is 9.72. The summed E-state index contributed by atoms with van der Waals surface area (Å²) < 4.78 is 25.4. The van der Waals surface area contributed by atoms with Crippen LogP contribution in [0, 0.1) is 13.8 Å². The summed E-state index contributed by atoms with van der Waals surface area (Å²) in [6.07, 6.45) is 7.52. The predicted octanol–water partition coefficient (Wildman–Crippen LogP) is 28.0. The molecule has 9 aliphatic rings. The minimum atomic E-state index is -0.353. The summed E-state index contributed by atoms with van der Waals surface area (Å²) in [7, 11) is 3.43. The molecular formula is C112H104Cl4N8O8. The van der Waals surface area contributed by atoms with Crippen LogP contribution in [-0.4, -0.2) is 74.5 Å². The number of aromatic nitrogens is 8. The zero-order chi connectivity index (χ0) is 92.8. The number of halogens is 4. The van der Waals surface area contributed by atoms with Crippen molar-refractivity contribution >= 4 is 135 Å². The zero-order valence-corrected chi connectivity index (χ0v) is 81.0. The monoisotopic (exact) mass is 1830 g/mol. The fourth-order valence-electron chi connectivity index (χ4n) is 27.1. The van der Waals surface area contributed by atoms with E-state index in [-0.39, 0.29) is 88.0 Å². The Labute approximate surface area is 786 Å². The number of aromatic hydroxyl groups is 4. The van der Waals surface area contributed by atoms with Gasteiger partial charge in [0.15, 0.2) is 57.5 Å². The highest BCUT2D eigenvalue weighted by Gasteiger charge is 2.62. The van der Waals surface area contributed by atoms with Crippen LogP contribution in [0.25, 0.3) is 88.3 Å². The van der Waals surface area contributed by atoms with Gasteiger partial charge in [0.2, 0.25) is 0 Å². The number of phenols is 4. The largest absolute Gasteiger partial charge is 0.504 e. The number of hydrogen-bond donors (Lipinski definition) is 4. The lowest BCUT2D eigenvalue weighted by Crippen LogP contribution is -2.27. The second-order valence-corrected chi connectivity index (χ2v) is 46.7. The molecule has 2 atom stereocenters. The molecule has 16 aromatic rings. The topological polar surface area (TPSA) is 221 Å². The minimum Gasteiger partial charge on any atom is -0.504 e. The van der Waals surface area contributed by atoms with Gasteiger partial charge in [-0.15, -0.1) is 0 Å². The van der Waals surface area contributed by atoms with E-state index in [1.165, 1.54) is 77.9 Å². The van der Waals surface area contributed by atoms with Crippen molar-refractivity contribution in [2.75, 3.05) is 14.2 Å². The van der Waals surface area contributed by atoms with Crippen LogP contribution in [0.15, 0.2) is 146 Å². The van der Waals surface area contributed by atoms with Gasteiger partial charge in [-0.1, -0.05) is 157 Å². The molecular weight excluding hydrogens is 1730 g/mol. The molecule has 5 heterocycles. The zero-order valence-electron chi connectivity index (χ0n) is 78.0. The minimum absolute atomic E-state index is 0.0644. The summed E-state index contributed by atoms with van der Waals surface area (Å²) in [5.74, 6) is 3.82. The van der Waals surface area contributed by atoms with E-state index in [9.17, 15) is 20.4 Å². The Hall–Kier alpha value is -11.4. The van der Waals surface area contributed by atoms with Crippen LogP contribution in [0.4, 0.5) is 0 Å². The molecule has 4 N–H and O–H groups in total. The van der Waals surface area contributed by atoms with Gasteiger partial charge in [-0.2, -0.15) is 0 Å². The van der Waals surface area contributed by atoms with Gasteiger partial charge in [0.25, 0.3) is 0 Å². The van der Waals surface area contributed by atoms with Gasteiger partial charge in [-0.05, 0) is 342 Å². The number of methoxy groups -OCH3 is 2. The van der Waals surface area contributed by atoms with Gasteiger partial charge < -0.3 is 39.4 Å². The van der Waals surface area contributed by atoms with Crippen LogP contribution >= 0.6 is 46.4 Å². The summed E-state index contributed by atoms with van der Waals surface area (Å²) in [6, 6.07) is 49.5. The Kier molecular flexibility index (Phi) is 17.5. The molecule has 8 aliphatic carbocycles. The molecule has 0 bridgehead atoms. The number of benzene rings is 12. The van der Waals surface area contributed by atoms with Crippen molar-refractivity contribution < 1.29 is 39.4 Å². The standard InChI is InChI=1S/C58H56N4O4.C33H24Cl4N4.C21H24O4/c1-29-13-39-40(14-30(29)2)60-43-17-35-31(15-41(43)59-39)53(3,4)25-57(35)26-54(5,6)32-16-42-44(18-36(32)57)62-46-24-52-51(23-45(46)61-42)65-49-20-34-38(22-50(49)66-52)58(28-56(34,9)10)27-55(7,8)33-19-47(63-11)48(64-12)21-37(33)58;1-31(2)13-33(17-7-25-23(5-15(17)31)38-27-9-19(34)21(36)11-29(27)40-25)14-32(3,4)16-6-24-26(8-18(16)33)41-30-12-22(37)20(35)10-28(30)39-24;1-19(2)9-21(13-7-17(24)15(22)5-11(13)19)10-20(3,4)12-6-16(23)18(25)8-14(12)21/h13-24H,25-28H2,1-12H3;5-12H,13-14H2,1-4H3;5-8,22-25H,9-10H2,1-4H3. The molecule has 0 amide bonds. The van der Waals surface area contributed by atoms with E-state index < -0.39 is 0 Å². The van der Waals surface area contributed by atoms with Crippen molar-refractivity contribution in [1.29, 1.82) is 0 Å². The Morgan fingerprint density at radius 3 is 0.636 bits per heavy atom. The van der Waals surface area contributed by atoms with Crippen LogP contribution in [0.2, 0.25) is 20.1 Å². The normalized spacial score (nSPS) is 21.1. The molecule has 0 radical (unpaired) electrons. The number of phenolic OH excluding ortho intramolecular Hbond substituents is 4. The summed E-state index contributed by atoms with van der Waals surface area (Å²) in [5, 5.41) is 42.2. The number of fused-ring (bicyclic) bond motifs is 26. The second-order valence-electron chi connectivity index (χ2n) is 45.1. The summed E-state index contributed by atoms with van der Waals surface area (Å²) in [4.78, 5) is 41.0. The predicted molar refractivity (Wildman–Crippen MR) is 528 cm³/mol. The summed E-state index contributed by atoms with van der Waals surface area (Å²) >= 11 is 25.3. The maximum Gasteiger partial charge on any atom is 0.172 e. The third-order valence-electron chi connectivity index (χ3n) is 32.2. The quantitative estimate of drug-likeness (QED) is 0.0933. The van der Waals surface area contributed by atoms with E-state index in [4.69, 9.17) is 105 Å². The number of nitrogens with zero attached hydrogens (tertiary/aromatic N) is 8. The first kappa shape index (κ1) is 84.8. The highest BCUT2D eigenvalue weighted by molar-refractivity contribution is 6.43. The first-order chi connectivity index (χ1) is 62.0. The van der Waals surface area contributed by atoms with Crippen LogP contribution in [0.3, 0.4) is 0 Å². The molecule has 4 aromatic heterocycles. The first-order valence-electron chi connectivity index (χ1n) is 45.8. The lowest BCUT2D eigenvalue weighted by Gasteiger charge is -2.31. The fourth-order valence-corrected chi connectivity index (χ4v) is 27.7. The molecule has 0 saturated heterocycles. The van der Waals surface area contributed by atoms with Crippen LogP contribution in [-0.2, 0) is 65.0 Å². The molecule has 0 saturated carbocycles. The maximum absolute atomic E-state index is 10.1. The molecule has 0 fully saturated rings. The van der Waals surface area contributed by atoms with E-state index in [0.29, 0.717) is 31.6 Å². The van der Waals surface area contributed by atoms with E-state index in [2.05, 4.69) is 210 Å². The number of aryl methyl sites for hydroxylation is 2. The molecule has 12 aromatic carbocycles. The SMILES string of the molecule is CC1(C)CC2(CC(C)(C)c3cc(O)c(O)cc32)c2cc(O)c(O)cc21.CC1(C)CC2(CC(C)(C)c3cc4nc5cc(Cl)c(Cl)cc5nc4cc32)c2cc3nc4cc(Cl)c(Cl)cc4nc3cc21.COc1cc2c(cc1OC)C1(CC2(C)C)CC(C)(C)c2cc3c(cc21)Oc1cc2nc4cc5c(cc4nc2cc1O3)C(C)(C)CC51CC(C)(C)c2cc3nc4cc(C)c(C)cc4nc3cc21. The first-order valence-corrected chi connectivity index (χ1v) is 47.3. The molecule has 4 spiro atoms. The summed E-state index contributed by atoms with van der Waals surface area (Å²) in [6.45, 7) is 41.2. The highest BCUT2D eigenvalue weighted by atomic mass is 35.5. The molecule has 16 nitrogen and oxygen atoms in total. The number of hydrogen-bond acceptors (Lipinski definition) is 16. The van der Waals surface area contributed by atoms with E-state index in [1.807, 2.05) is 12.1 Å². The second kappa shape index (κ2) is 27.2. The van der Waals surface area contributed by atoms with Crippen LogP contribution in [0.5, 0.6) is 57.5 Å². The van der Waals surface area contributed by atoms with E-state index >= 15 is 0 Å². The lowest BCUT2D eigenvalue weighted by molar-refractivity contribution is 0.347. The molecule has 668 valence electrons. The van der Waals surface area contributed by atoms with E-state index in [0.717, 1.165) is 185 Å². The van der Waals surface area contributed by atoms with Gasteiger partial charge in [0, 0.05) is 33.8 Å². The average Bonchev–Trinajstić information content (AvgIpc) is 1.54. The summed E-state index contributed by atoms with van der Waals surface area (Å²) in [5.41, 5.74) is 34.2. The Bertz CT molecular complexity index is 7780. The van der Waals surface area contributed by atoms with Gasteiger partial charge in [0.05, 0.1) is 123 Å². The molecule has 2 unspecified atom stereocenters. The third kappa shape index (κ3) is 12.1. The van der Waals surface area contributed by atoms with Gasteiger partial charge in [0.1, 0.15) is 0 Å². The number of ether oxygens (including phenoxy) is 4. The van der Waals surface area contributed by atoms with Gasteiger partial charge in [-0.25, -0.2) is 39.9 Å². The molecule has 20 heteroatoms. The highest BCUT2D eigenvalue weighted by Crippen LogP contribution is 2.70. The number of rotatable bonds is 2. The smallest absolute Gasteiger partial charge is 0.172 e. The van der Waals surface area contributed by atoms with Crippen molar-refractivity contribution in [1.82, 2.24) is 39.9 Å². The van der Waals surface area contributed by atoms with Crippen molar-refractivity contribution in [3.63, 3.8) is 0 Å². The fraction of sp³-hybridized carbons (Fsp3) is 0.357. The Balaban J connectivity index is 0.000000126. The van der Waals surface area contributed by atoms with E-state index in [1.54, 1.807) is 62.8 Å². The van der Waals surface area contributed by atoms with Crippen molar-refractivity contribution in [3.05, 3.63) is 266 Å². The van der Waals surface area contributed by atoms with Crippen molar-refractivity contribution in [2.45, 2.75) is 241 Å². The van der Waals surface area contributed by atoms with Crippen molar-refractivity contribution in [2.24, 2.45) is 0 Å². The van der Waals surface area contributed by atoms with Crippen molar-refractivity contribution in [3.8, 4) is 57.5 Å². The molecule has 132 heavy (non-hydrogen) atoms. The van der Waals surface area contributed by atoms with Gasteiger partial charge in [-0.3, -0.25) is 0 Å². The Morgan fingerprint density at radius 2 is 0.379 bits per heavy atom. The third-order valence-corrected chi connectivity index (χ3v) is 33.7. The van der Waals surface area contributed by atoms with Gasteiger partial charge >= 0.3 is 0 Å². The maximum atomic E-state index is 10.1. The molecule has 25 rings (SSSR count). The van der Waals surface area contributed by atoms with Crippen LogP contribution in [0.1, 0.15) is 262 Å². The average molecular weight is 1830 g/mol. The van der Waals surface area contributed by atoms with Crippen LogP contribution < -0.4 is 18.9 Å². The molecule has 1 aliphatic heterocycles. The Morgan fingerprint density at radius 1 is 0.220 bits per heavy atom.